The second-order valence-electron chi connectivity index (χ2n) is 6.53. The number of benzene rings is 1. The molecule has 0 radical (unpaired) electrons. The summed E-state index contributed by atoms with van der Waals surface area (Å²) < 4.78 is 6.64. The van der Waals surface area contributed by atoms with Gasteiger partial charge in [-0.2, -0.15) is 0 Å². The minimum atomic E-state index is -0.350. The van der Waals surface area contributed by atoms with Gasteiger partial charge in [-0.3, -0.25) is 9.36 Å². The predicted molar refractivity (Wildman–Crippen MR) is 105 cm³/mol. The van der Waals surface area contributed by atoms with Gasteiger partial charge in [-0.15, -0.1) is 0 Å². The van der Waals surface area contributed by atoms with Gasteiger partial charge in [0.25, 0.3) is 5.56 Å². The second kappa shape index (κ2) is 8.62. The van der Waals surface area contributed by atoms with Crippen LogP contribution in [0.4, 0.5) is 0 Å². The molecule has 0 bridgehead atoms. The first-order valence-corrected chi connectivity index (χ1v) is 9.27. The summed E-state index contributed by atoms with van der Waals surface area (Å²) in [6.45, 7) is 4.60. The molecule has 0 fully saturated rings. The maximum Gasteiger partial charge on any atom is 0.330 e. The van der Waals surface area contributed by atoms with Crippen LogP contribution in [-0.2, 0) is 22.5 Å². The monoisotopic (exact) mass is 364 g/mol. The van der Waals surface area contributed by atoms with Crippen LogP contribution in [-0.4, -0.2) is 22.1 Å². The molecule has 0 spiro atoms. The molecule has 0 N–H and O–H groups in total. The zero-order chi connectivity index (χ0) is 19.2. The number of fused-ring (bicyclic) bond motifs is 1. The molecular weight excluding hydrogens is 340 g/mol. The summed E-state index contributed by atoms with van der Waals surface area (Å²) in [5.41, 5.74) is 1.19. The highest BCUT2D eigenvalue weighted by Crippen LogP contribution is 2.10. The highest BCUT2D eigenvalue weighted by molar-refractivity contribution is 5.82. The van der Waals surface area contributed by atoms with Crippen molar-refractivity contribution in [1.82, 2.24) is 9.55 Å². The van der Waals surface area contributed by atoms with E-state index >= 15 is 0 Å². The Morgan fingerprint density at radius 3 is 2.85 bits per heavy atom. The lowest BCUT2D eigenvalue weighted by atomic mass is 9.99. The fourth-order valence-corrected chi connectivity index (χ4v) is 3.22. The van der Waals surface area contributed by atoms with E-state index in [1.165, 1.54) is 11.6 Å². The molecule has 3 rings (SSSR count). The van der Waals surface area contributed by atoms with E-state index in [2.05, 4.69) is 17.1 Å². The van der Waals surface area contributed by atoms with Crippen molar-refractivity contribution in [3.8, 4) is 0 Å². The molecule has 1 aromatic heterocycles. The van der Waals surface area contributed by atoms with Gasteiger partial charge in [-0.05, 0) is 32.3 Å². The molecule has 1 unspecified atom stereocenters. The fraction of sp³-hybridized carbons (Fsp3) is 0.318. The Kier molecular flexibility index (Phi) is 6.01. The van der Waals surface area contributed by atoms with Crippen molar-refractivity contribution >= 4 is 18.1 Å². The summed E-state index contributed by atoms with van der Waals surface area (Å²) in [7, 11) is 0. The van der Waals surface area contributed by atoms with Crippen molar-refractivity contribution < 1.29 is 9.53 Å². The lowest BCUT2D eigenvalue weighted by Crippen LogP contribution is -2.49. The van der Waals surface area contributed by atoms with Crippen molar-refractivity contribution in [1.29, 1.82) is 0 Å². The third kappa shape index (κ3) is 4.61. The van der Waals surface area contributed by atoms with Crippen LogP contribution in [0.2, 0.25) is 0 Å². The maximum absolute atomic E-state index is 12.9. The van der Waals surface area contributed by atoms with Gasteiger partial charge >= 0.3 is 5.97 Å². The zero-order valence-electron chi connectivity index (χ0n) is 15.7. The van der Waals surface area contributed by atoms with Gasteiger partial charge in [0.05, 0.1) is 17.2 Å². The van der Waals surface area contributed by atoms with Crippen LogP contribution < -0.4 is 16.1 Å². The fourth-order valence-electron chi connectivity index (χ4n) is 3.22. The summed E-state index contributed by atoms with van der Waals surface area (Å²) in [5.74, 6) is 0.389. The molecule has 0 amide bonds. The lowest BCUT2D eigenvalue weighted by Gasteiger charge is -2.13. The molecule has 1 aromatic carbocycles. The van der Waals surface area contributed by atoms with Gasteiger partial charge in [0, 0.05) is 18.5 Å². The lowest BCUT2D eigenvalue weighted by molar-refractivity contribution is -0.137. The van der Waals surface area contributed by atoms with Crippen molar-refractivity contribution in [3.05, 3.63) is 74.8 Å². The summed E-state index contributed by atoms with van der Waals surface area (Å²) in [5, 5.41) is 1.34. The number of hydrogen-bond donors (Lipinski definition) is 0. The number of nitrogens with zero attached hydrogens (tertiary/aromatic N) is 2. The van der Waals surface area contributed by atoms with E-state index < -0.39 is 0 Å². The highest BCUT2D eigenvalue weighted by atomic mass is 16.5. The van der Waals surface area contributed by atoms with Gasteiger partial charge < -0.3 is 4.74 Å². The molecule has 0 aliphatic heterocycles. The first kappa shape index (κ1) is 18.8. The third-order valence-electron chi connectivity index (χ3n) is 4.62. The Morgan fingerprint density at radius 2 is 2.11 bits per heavy atom. The number of allylic oxidation sites excluding steroid dienone is 1. The van der Waals surface area contributed by atoms with Crippen molar-refractivity contribution in [3.63, 3.8) is 0 Å². The van der Waals surface area contributed by atoms with E-state index in [0.29, 0.717) is 36.0 Å². The standard InChI is InChI=1S/C22H24N2O3/c1-3-27-21(25)12-10-18-9-11-19-20(15-18)23-16(2)24(22(19)26)14-13-17-7-5-4-6-8-17/h4-8,10-12,15,18H,3,9,13-14H2,1-2H3/b12-10+. The first-order valence-electron chi connectivity index (χ1n) is 9.27. The summed E-state index contributed by atoms with van der Waals surface area (Å²) >= 11 is 0. The average molecular weight is 364 g/mol. The first-order chi connectivity index (χ1) is 13.1. The van der Waals surface area contributed by atoms with Gasteiger partial charge in [0.2, 0.25) is 0 Å². The number of rotatable bonds is 6. The van der Waals surface area contributed by atoms with E-state index in [4.69, 9.17) is 4.74 Å². The SMILES string of the molecule is CCOC(=O)/C=C/C1C=c2nc(C)n(CCc3ccccc3)c(=O)c2=CC1. The molecule has 27 heavy (non-hydrogen) atoms. The molecular formula is C22H24N2O3. The zero-order valence-corrected chi connectivity index (χ0v) is 15.7. The molecule has 1 heterocycles. The molecule has 1 aliphatic carbocycles. The number of esters is 1. The summed E-state index contributed by atoms with van der Waals surface area (Å²) in [6, 6.07) is 10.1. The van der Waals surface area contributed by atoms with Crippen LogP contribution in [0.15, 0.2) is 47.3 Å². The molecule has 140 valence electrons. The Balaban J connectivity index is 1.84. The van der Waals surface area contributed by atoms with E-state index in [9.17, 15) is 9.59 Å². The van der Waals surface area contributed by atoms with Crippen molar-refractivity contribution in [2.75, 3.05) is 6.61 Å². The molecule has 0 saturated carbocycles. The predicted octanol–water partition coefficient (Wildman–Crippen LogP) is 1.49. The smallest absolute Gasteiger partial charge is 0.330 e. The third-order valence-corrected chi connectivity index (χ3v) is 4.62. The van der Waals surface area contributed by atoms with E-state index in [-0.39, 0.29) is 17.4 Å². The van der Waals surface area contributed by atoms with Crippen LogP contribution in [0.1, 0.15) is 24.7 Å². The number of aryl methyl sites for hydroxylation is 2. The van der Waals surface area contributed by atoms with E-state index in [1.54, 1.807) is 17.6 Å². The van der Waals surface area contributed by atoms with Crippen molar-refractivity contribution in [2.45, 2.75) is 33.2 Å². The normalized spacial score (nSPS) is 15.7. The highest BCUT2D eigenvalue weighted by Gasteiger charge is 2.11. The minimum absolute atomic E-state index is 0.00231. The molecule has 5 nitrogen and oxygen atoms in total. The van der Waals surface area contributed by atoms with Gasteiger partial charge in [0.1, 0.15) is 5.82 Å². The number of hydrogen-bond acceptors (Lipinski definition) is 4. The minimum Gasteiger partial charge on any atom is -0.463 e. The van der Waals surface area contributed by atoms with Gasteiger partial charge in [-0.1, -0.05) is 48.6 Å². The van der Waals surface area contributed by atoms with Gasteiger partial charge in [-0.25, -0.2) is 9.78 Å². The van der Waals surface area contributed by atoms with Crippen LogP contribution in [0, 0.1) is 12.8 Å². The largest absolute Gasteiger partial charge is 0.463 e. The quantitative estimate of drug-likeness (QED) is 0.576. The molecule has 1 atom stereocenters. The van der Waals surface area contributed by atoms with Crippen LogP contribution >= 0.6 is 0 Å². The number of ether oxygens (including phenoxy) is 1. The Hall–Kier alpha value is -2.95. The Bertz CT molecular complexity index is 1020. The topological polar surface area (TPSA) is 61.2 Å². The van der Waals surface area contributed by atoms with Gasteiger partial charge in [0.15, 0.2) is 0 Å². The van der Waals surface area contributed by atoms with E-state index in [0.717, 1.165) is 6.42 Å². The molecule has 0 saturated heterocycles. The maximum atomic E-state index is 12.9. The summed E-state index contributed by atoms with van der Waals surface area (Å²) in [4.78, 5) is 29.0. The van der Waals surface area contributed by atoms with Crippen LogP contribution in [0.3, 0.4) is 0 Å². The molecule has 2 aromatic rings. The number of carbonyl (C=O) groups is 1. The molecule has 1 aliphatic rings. The Morgan fingerprint density at radius 1 is 1.33 bits per heavy atom. The number of carbonyl (C=O) groups excluding carboxylic acids is 1. The second-order valence-corrected chi connectivity index (χ2v) is 6.53. The number of aromatic nitrogens is 2. The van der Waals surface area contributed by atoms with Crippen molar-refractivity contribution in [2.24, 2.45) is 5.92 Å². The Labute approximate surface area is 158 Å². The van der Waals surface area contributed by atoms with E-state index in [1.807, 2.05) is 37.3 Å². The molecule has 5 heteroatoms. The van der Waals surface area contributed by atoms with Crippen LogP contribution in [0.25, 0.3) is 12.2 Å². The van der Waals surface area contributed by atoms with Crippen LogP contribution in [0.5, 0.6) is 0 Å². The average Bonchev–Trinajstić information content (AvgIpc) is 2.67. The summed E-state index contributed by atoms with van der Waals surface area (Å²) in [6.07, 6.45) is 8.56.